The van der Waals surface area contributed by atoms with Crippen LogP contribution in [0.3, 0.4) is 0 Å². The number of alkyl carbamates (subject to hydrolysis) is 1. The fraction of sp³-hybridized carbons (Fsp3) is 0.426. The second-order valence-electron chi connectivity index (χ2n) is 16.0. The number of esters is 1. The van der Waals surface area contributed by atoms with Crippen molar-refractivity contribution in [2.24, 2.45) is 5.92 Å². The lowest BCUT2D eigenvalue weighted by atomic mass is 9.84. The van der Waals surface area contributed by atoms with Gasteiger partial charge in [0.05, 0.1) is 22.1 Å². The molecule has 1 aliphatic heterocycles. The summed E-state index contributed by atoms with van der Waals surface area (Å²) in [4.78, 5) is 39.8. The van der Waals surface area contributed by atoms with Crippen LogP contribution >= 0.6 is 23.5 Å². The van der Waals surface area contributed by atoms with Crippen LogP contribution < -0.4 is 16.0 Å². The van der Waals surface area contributed by atoms with E-state index in [-0.39, 0.29) is 29.9 Å². The highest BCUT2D eigenvalue weighted by Gasteiger charge is 2.40. The predicted molar refractivity (Wildman–Crippen MR) is 235 cm³/mol. The Morgan fingerprint density at radius 3 is 1.79 bits per heavy atom. The number of ether oxygens (including phenoxy) is 2. The van der Waals surface area contributed by atoms with Crippen molar-refractivity contribution in [1.29, 1.82) is 0 Å². The Morgan fingerprint density at radius 2 is 1.32 bits per heavy atom. The molecule has 5 atom stereocenters. The topological polar surface area (TPSA) is 106 Å². The molecule has 57 heavy (non-hydrogen) atoms. The number of hydrogen-bond donors (Lipinski definition) is 3. The standard InChI is InChI=1S/C47H59N3O5S2/c1-7-34(2)41(33-56-46(6,30-35-20-12-8-13-21-35)43(52)50-40-28-29-54-42(40)51)48-31-39(49-44(53)55-45(3,4)5)32-57-47(36-22-14-9-15-23-36,37-24-16-10-17-25-37)38-26-18-11-19-27-38/h8-27,34,39-41,48H,7,28-33H2,1-6H3,(H,49,53)(H,50,52)/t34-,39?,40+,41?,46?/m0/s1. The van der Waals surface area contributed by atoms with Gasteiger partial charge in [-0.3, -0.25) is 4.79 Å². The lowest BCUT2D eigenvalue weighted by molar-refractivity contribution is -0.141. The van der Waals surface area contributed by atoms with Gasteiger partial charge in [-0.1, -0.05) is 142 Å². The van der Waals surface area contributed by atoms with Crippen LogP contribution in [0.25, 0.3) is 0 Å². The van der Waals surface area contributed by atoms with Gasteiger partial charge in [-0.05, 0) is 62.3 Å². The molecule has 1 fully saturated rings. The Morgan fingerprint density at radius 1 is 0.789 bits per heavy atom. The molecule has 304 valence electrons. The molecule has 0 saturated carbocycles. The van der Waals surface area contributed by atoms with Crippen LogP contribution in [0, 0.1) is 5.92 Å². The van der Waals surface area contributed by atoms with Gasteiger partial charge >= 0.3 is 12.1 Å². The highest BCUT2D eigenvalue weighted by atomic mass is 32.2. The van der Waals surface area contributed by atoms with Crippen LogP contribution in [0.15, 0.2) is 121 Å². The summed E-state index contributed by atoms with van der Waals surface area (Å²) < 4.78 is 9.53. The number of hydrogen-bond acceptors (Lipinski definition) is 8. The zero-order valence-corrected chi connectivity index (χ0v) is 35.8. The van der Waals surface area contributed by atoms with E-state index < -0.39 is 27.2 Å². The maximum Gasteiger partial charge on any atom is 0.407 e. The second-order valence-corrected chi connectivity index (χ2v) is 18.8. The van der Waals surface area contributed by atoms with E-state index in [1.807, 2.05) is 76.2 Å². The van der Waals surface area contributed by atoms with Gasteiger partial charge in [0.25, 0.3) is 0 Å². The van der Waals surface area contributed by atoms with Gasteiger partial charge in [-0.15, -0.1) is 23.5 Å². The quantitative estimate of drug-likeness (QED) is 0.0638. The first-order valence-corrected chi connectivity index (χ1v) is 22.0. The van der Waals surface area contributed by atoms with Crippen LogP contribution in [0.5, 0.6) is 0 Å². The minimum Gasteiger partial charge on any atom is -0.464 e. The molecule has 0 bridgehead atoms. The van der Waals surface area contributed by atoms with Crippen molar-refractivity contribution >= 4 is 41.5 Å². The average Bonchev–Trinajstić information content (AvgIpc) is 3.61. The Labute approximate surface area is 348 Å². The Balaban J connectivity index is 1.42. The van der Waals surface area contributed by atoms with Crippen LogP contribution in [-0.2, 0) is 30.2 Å². The average molecular weight is 810 g/mol. The smallest absolute Gasteiger partial charge is 0.407 e. The summed E-state index contributed by atoms with van der Waals surface area (Å²) in [5.74, 6) is 0.902. The molecule has 2 amide bonds. The lowest BCUT2D eigenvalue weighted by Gasteiger charge is -2.37. The highest BCUT2D eigenvalue weighted by Crippen LogP contribution is 2.48. The van der Waals surface area contributed by atoms with E-state index in [1.165, 1.54) is 0 Å². The number of thioether (sulfide) groups is 2. The van der Waals surface area contributed by atoms with Crippen molar-refractivity contribution in [1.82, 2.24) is 16.0 Å². The van der Waals surface area contributed by atoms with Gasteiger partial charge in [-0.25, -0.2) is 9.59 Å². The van der Waals surface area contributed by atoms with E-state index in [4.69, 9.17) is 9.47 Å². The maximum atomic E-state index is 14.0. The van der Waals surface area contributed by atoms with Crippen molar-refractivity contribution in [3.63, 3.8) is 0 Å². The van der Waals surface area contributed by atoms with Gasteiger partial charge in [0.1, 0.15) is 11.6 Å². The first kappa shape index (κ1) is 43.9. The monoisotopic (exact) mass is 809 g/mol. The Kier molecular flexibility index (Phi) is 15.7. The van der Waals surface area contributed by atoms with Crippen molar-refractivity contribution in [2.45, 2.75) is 94.0 Å². The number of cyclic esters (lactones) is 1. The second kappa shape index (κ2) is 20.4. The summed E-state index contributed by atoms with van der Waals surface area (Å²) in [6.07, 6.45) is 1.43. The third-order valence-corrected chi connectivity index (χ3v) is 13.6. The number of nitrogens with one attached hydrogen (secondary N) is 3. The molecule has 5 rings (SSSR count). The number of amides is 2. The van der Waals surface area contributed by atoms with E-state index in [2.05, 4.69) is 103 Å². The molecule has 0 spiro atoms. The van der Waals surface area contributed by atoms with Crippen molar-refractivity contribution in [2.75, 3.05) is 24.7 Å². The number of benzene rings is 4. The summed E-state index contributed by atoms with van der Waals surface area (Å²) in [6, 6.07) is 40.7. The molecular weight excluding hydrogens is 751 g/mol. The molecule has 1 heterocycles. The van der Waals surface area contributed by atoms with Crippen molar-refractivity contribution < 1.29 is 23.9 Å². The largest absolute Gasteiger partial charge is 0.464 e. The SMILES string of the molecule is CC[C@H](C)C(CSC(C)(Cc1ccccc1)C(=O)N[C@@H]1CCOC1=O)NCC(CSC(c1ccccc1)(c1ccccc1)c1ccccc1)NC(=O)OC(C)(C)C. The summed E-state index contributed by atoms with van der Waals surface area (Å²) in [5, 5.41) is 10.1. The zero-order chi connectivity index (χ0) is 40.9. The van der Waals surface area contributed by atoms with Gasteiger partial charge in [0, 0.05) is 30.5 Å². The highest BCUT2D eigenvalue weighted by molar-refractivity contribution is 8.01. The Hall–Kier alpha value is -4.25. The van der Waals surface area contributed by atoms with E-state index in [0.29, 0.717) is 37.5 Å². The fourth-order valence-corrected chi connectivity index (χ4v) is 10.0. The third-order valence-electron chi connectivity index (χ3n) is 10.4. The van der Waals surface area contributed by atoms with Gasteiger partial charge in [-0.2, -0.15) is 0 Å². The summed E-state index contributed by atoms with van der Waals surface area (Å²) >= 11 is 3.40. The summed E-state index contributed by atoms with van der Waals surface area (Å²) in [6.45, 7) is 12.8. The maximum absolute atomic E-state index is 14.0. The van der Waals surface area contributed by atoms with E-state index in [1.54, 1.807) is 23.5 Å². The molecule has 0 aromatic heterocycles. The van der Waals surface area contributed by atoms with Crippen LogP contribution in [-0.4, -0.2) is 71.1 Å². The normalized spacial score (nSPS) is 17.1. The number of rotatable bonds is 19. The van der Waals surface area contributed by atoms with Crippen LogP contribution in [0.4, 0.5) is 4.79 Å². The minimum atomic E-state index is -0.859. The van der Waals surface area contributed by atoms with E-state index in [9.17, 15) is 14.4 Å². The lowest BCUT2D eigenvalue weighted by Crippen LogP contribution is -2.52. The number of carbonyl (C=O) groups excluding carboxylic acids is 3. The van der Waals surface area contributed by atoms with Gasteiger partial charge in [0.2, 0.25) is 5.91 Å². The Bertz CT molecular complexity index is 1760. The molecule has 3 N–H and O–H groups in total. The third kappa shape index (κ3) is 12.1. The molecule has 4 aromatic rings. The zero-order valence-electron chi connectivity index (χ0n) is 34.2. The molecule has 4 aromatic carbocycles. The first-order valence-electron chi connectivity index (χ1n) is 20.0. The first-order chi connectivity index (χ1) is 27.3. The molecule has 0 radical (unpaired) electrons. The van der Waals surface area contributed by atoms with Crippen LogP contribution in [0.2, 0.25) is 0 Å². The molecule has 10 heteroatoms. The number of carbonyl (C=O) groups is 3. The summed E-state index contributed by atoms with van der Waals surface area (Å²) in [7, 11) is 0. The van der Waals surface area contributed by atoms with Gasteiger partial charge < -0.3 is 25.4 Å². The molecule has 1 aliphatic rings. The van der Waals surface area contributed by atoms with Crippen molar-refractivity contribution in [3.05, 3.63) is 144 Å². The predicted octanol–water partition coefficient (Wildman–Crippen LogP) is 8.78. The van der Waals surface area contributed by atoms with Crippen molar-refractivity contribution in [3.8, 4) is 0 Å². The van der Waals surface area contributed by atoms with Gasteiger partial charge in [0.15, 0.2) is 0 Å². The molecule has 8 nitrogen and oxygen atoms in total. The van der Waals surface area contributed by atoms with E-state index >= 15 is 0 Å². The molecule has 1 saturated heterocycles. The molecular formula is C47H59N3O5S2. The van der Waals surface area contributed by atoms with Crippen LogP contribution in [0.1, 0.15) is 76.6 Å². The van der Waals surface area contributed by atoms with E-state index in [0.717, 1.165) is 28.7 Å². The molecule has 0 aliphatic carbocycles. The minimum absolute atomic E-state index is 0.00871. The summed E-state index contributed by atoms with van der Waals surface area (Å²) in [5.41, 5.74) is 3.82. The molecule has 3 unspecified atom stereocenters. The fourth-order valence-electron chi connectivity index (χ4n) is 7.02.